The van der Waals surface area contributed by atoms with Crippen molar-refractivity contribution in [3.63, 3.8) is 0 Å². The summed E-state index contributed by atoms with van der Waals surface area (Å²) in [5.41, 5.74) is 1.80. The summed E-state index contributed by atoms with van der Waals surface area (Å²) in [6, 6.07) is 9.20. The Morgan fingerprint density at radius 1 is 0.978 bits per heavy atom. The van der Waals surface area contributed by atoms with Gasteiger partial charge in [0, 0.05) is 11.8 Å². The van der Waals surface area contributed by atoms with Crippen molar-refractivity contribution < 1.29 is 14.3 Å². The third-order valence-corrected chi connectivity index (χ3v) is 17.8. The van der Waals surface area contributed by atoms with Gasteiger partial charge in [0.15, 0.2) is 11.0 Å². The molecule has 1 aliphatic rings. The lowest BCUT2D eigenvalue weighted by Gasteiger charge is -2.43. The molecule has 0 aliphatic heterocycles. The maximum atomic E-state index is 11.8. The second kappa shape index (κ2) is 14.1. The number of ether oxygens (including phenoxy) is 2. The Morgan fingerprint density at radius 3 is 2.20 bits per heavy atom. The Hall–Kier alpha value is -0.360. The van der Waals surface area contributed by atoms with Crippen molar-refractivity contribution in [2.75, 3.05) is 6.54 Å². The third kappa shape index (κ3) is 7.25. The number of hydrogen-bond acceptors (Lipinski definition) is 16. The van der Waals surface area contributed by atoms with Crippen LogP contribution in [0.3, 0.4) is 0 Å². The van der Waals surface area contributed by atoms with E-state index in [1.165, 1.54) is 11.8 Å². The van der Waals surface area contributed by atoms with E-state index in [1.807, 2.05) is 31.2 Å². The van der Waals surface area contributed by atoms with E-state index in [2.05, 4.69) is 32.3 Å². The topological polar surface area (TPSA) is 91.2 Å². The molecule has 8 nitrogen and oxygen atoms in total. The van der Waals surface area contributed by atoms with Gasteiger partial charge in [-0.2, -0.15) is 114 Å². The first-order valence-electron chi connectivity index (χ1n) is 13.4. The molecule has 1 amide bonds. The Balaban J connectivity index is 1.56. The quantitative estimate of drug-likeness (QED) is 0.0771. The third-order valence-electron chi connectivity index (χ3n) is 6.76. The fourth-order valence-corrected chi connectivity index (χ4v) is 11.0. The molecule has 46 heavy (non-hydrogen) atoms. The monoisotopic (exact) mass is 807 g/mol. The minimum Gasteiger partial charge on any atom is -0.486 e. The normalized spacial score (nSPS) is 18.7. The van der Waals surface area contributed by atoms with Crippen molar-refractivity contribution in [2.45, 2.75) is 65.5 Å². The first kappa shape index (κ1) is 38.4. The van der Waals surface area contributed by atoms with Crippen molar-refractivity contribution in [1.29, 1.82) is 0 Å². The molecule has 0 atom stereocenters. The molecule has 2 aromatic heterocycles. The van der Waals surface area contributed by atoms with Crippen LogP contribution in [0, 0.1) is 18.8 Å². The van der Waals surface area contributed by atoms with Gasteiger partial charge in [-0.25, -0.2) is 4.79 Å². The summed E-state index contributed by atoms with van der Waals surface area (Å²) in [4.78, 5) is 16.1. The Kier molecular flexibility index (Phi) is 11.8. The molecule has 1 aliphatic carbocycles. The molecular formula is C28H33N5O3S10. The van der Waals surface area contributed by atoms with Crippen LogP contribution in [0.15, 0.2) is 47.9 Å². The minimum absolute atomic E-state index is 0.0677. The zero-order valence-corrected chi connectivity index (χ0v) is 33.8. The number of thiol groups is 9. The van der Waals surface area contributed by atoms with Crippen LogP contribution in [-0.2, 0) is 11.3 Å². The van der Waals surface area contributed by atoms with Crippen LogP contribution in [0.2, 0.25) is 0 Å². The lowest BCUT2D eigenvalue weighted by atomic mass is 10.1. The SMILES string of the molecule is Cc1cc(OCc2nnc(SC3(S)C(S)(S)C(S)(S)C(S)(S)C3(S)S)n2-c2cccnc2)ccc1C#CCNC(=O)OC(C)(C)C. The summed E-state index contributed by atoms with van der Waals surface area (Å²) < 4.78 is 6.47. The molecule has 0 radical (unpaired) electrons. The van der Waals surface area contributed by atoms with Crippen LogP contribution in [0.1, 0.15) is 37.7 Å². The molecule has 18 heteroatoms. The van der Waals surface area contributed by atoms with E-state index < -0.39 is 32.1 Å². The molecule has 4 rings (SSSR count). The number of alkyl carbamates (subject to hydrolysis) is 1. The second-order valence-electron chi connectivity index (χ2n) is 11.3. The summed E-state index contributed by atoms with van der Waals surface area (Å²) in [6.45, 7) is 7.54. The summed E-state index contributed by atoms with van der Waals surface area (Å²) in [5, 5.41) is 11.9. The zero-order valence-electron chi connectivity index (χ0n) is 24.9. The maximum absolute atomic E-state index is 11.8. The van der Waals surface area contributed by atoms with Gasteiger partial charge in [-0.3, -0.25) is 9.55 Å². The van der Waals surface area contributed by atoms with E-state index in [4.69, 9.17) is 123 Å². The van der Waals surface area contributed by atoms with Crippen molar-refractivity contribution in [3.8, 4) is 23.3 Å². The van der Waals surface area contributed by atoms with Gasteiger partial charge in [0.25, 0.3) is 0 Å². The Morgan fingerprint density at radius 2 is 1.63 bits per heavy atom. The molecule has 0 unspecified atom stereocenters. The van der Waals surface area contributed by atoms with Crippen LogP contribution in [0.4, 0.5) is 4.79 Å². The summed E-state index contributed by atoms with van der Waals surface area (Å²) in [5.74, 6) is 7.09. The highest BCUT2D eigenvalue weighted by Crippen LogP contribution is 2.78. The number of carbonyl (C=O) groups is 1. The van der Waals surface area contributed by atoms with Crippen LogP contribution in [-0.4, -0.2) is 58.4 Å². The fourth-order valence-electron chi connectivity index (χ4n) is 4.27. The van der Waals surface area contributed by atoms with Gasteiger partial charge in [0.2, 0.25) is 0 Å². The van der Waals surface area contributed by atoms with Gasteiger partial charge in [0.1, 0.15) is 38.4 Å². The van der Waals surface area contributed by atoms with E-state index in [0.717, 1.165) is 11.1 Å². The van der Waals surface area contributed by atoms with E-state index in [-0.39, 0.29) is 13.2 Å². The highest BCUT2D eigenvalue weighted by Gasteiger charge is 2.81. The number of pyridine rings is 1. The van der Waals surface area contributed by atoms with Crippen molar-refractivity contribution in [3.05, 3.63) is 59.7 Å². The van der Waals surface area contributed by atoms with Crippen LogP contribution >= 0.6 is 125 Å². The van der Waals surface area contributed by atoms with Gasteiger partial charge in [-0.1, -0.05) is 23.6 Å². The molecule has 1 aromatic carbocycles. The highest BCUT2D eigenvalue weighted by atomic mass is 32.2. The van der Waals surface area contributed by atoms with Crippen molar-refractivity contribution in [2.24, 2.45) is 0 Å². The number of amides is 1. The fraction of sp³-hybridized carbons (Fsp3) is 0.429. The first-order valence-corrected chi connectivity index (χ1v) is 18.2. The minimum atomic E-state index is -1.36. The first-order chi connectivity index (χ1) is 21.2. The van der Waals surface area contributed by atoms with E-state index >= 15 is 0 Å². The molecule has 2 heterocycles. The zero-order chi connectivity index (χ0) is 34.3. The van der Waals surface area contributed by atoms with Crippen molar-refractivity contribution >= 4 is 132 Å². The predicted octanol–water partition coefficient (Wildman–Crippen LogP) is 6.38. The van der Waals surface area contributed by atoms with Gasteiger partial charge in [-0.05, 0) is 63.6 Å². The number of aryl methyl sites for hydroxylation is 1. The molecule has 1 saturated carbocycles. The van der Waals surface area contributed by atoms with Gasteiger partial charge >= 0.3 is 6.09 Å². The number of carbonyl (C=O) groups excluding carboxylic acids is 1. The van der Waals surface area contributed by atoms with E-state index in [0.29, 0.717) is 22.4 Å². The summed E-state index contributed by atoms with van der Waals surface area (Å²) >= 11 is 44.5. The average Bonchev–Trinajstić information content (AvgIpc) is 3.37. The Labute approximate surface area is 323 Å². The number of thioether (sulfide) groups is 1. The lowest BCUT2D eigenvalue weighted by Crippen LogP contribution is -2.49. The van der Waals surface area contributed by atoms with Crippen LogP contribution < -0.4 is 10.1 Å². The molecular weight excluding hydrogens is 775 g/mol. The smallest absolute Gasteiger partial charge is 0.408 e. The van der Waals surface area contributed by atoms with Crippen LogP contribution in [0.5, 0.6) is 5.75 Å². The van der Waals surface area contributed by atoms with Gasteiger partial charge in [0.05, 0.1) is 18.4 Å². The largest absolute Gasteiger partial charge is 0.486 e. The second-order valence-corrected chi connectivity index (χ2v) is 20.2. The number of aromatic nitrogens is 4. The number of hydrogen-bond donors (Lipinski definition) is 10. The van der Waals surface area contributed by atoms with Crippen molar-refractivity contribution in [1.82, 2.24) is 25.1 Å². The molecule has 1 N–H and O–H groups in total. The predicted molar refractivity (Wildman–Crippen MR) is 216 cm³/mol. The maximum Gasteiger partial charge on any atom is 0.408 e. The van der Waals surface area contributed by atoms with E-state index in [9.17, 15) is 4.79 Å². The summed E-state index contributed by atoms with van der Waals surface area (Å²) in [6.07, 6.45) is 2.83. The number of nitrogens with zero attached hydrogens (tertiary/aromatic N) is 4. The standard InChI is InChI=1S/C28H33N5O3S10/c1-16-13-19(10-9-17(16)7-5-12-30-22(34)36-23(2,3)4)35-15-20-31-32-21(33(20)18-8-6-11-29-14-18)46-28(45)26(41,42)24(37,38)25(39,40)27(28,43)44/h6,8-11,13-14,37-45H,12,15H2,1-4H3,(H,30,34). The van der Waals surface area contributed by atoms with Gasteiger partial charge in [-0.15, -0.1) is 10.2 Å². The van der Waals surface area contributed by atoms with Crippen LogP contribution in [0.25, 0.3) is 5.69 Å². The molecule has 0 saturated heterocycles. The number of nitrogens with one attached hydrogen (secondary N) is 1. The Bertz CT molecular complexity index is 1640. The highest BCUT2D eigenvalue weighted by molar-refractivity contribution is 8.21. The molecule has 0 spiro atoms. The average molecular weight is 808 g/mol. The molecule has 0 bridgehead atoms. The molecule has 248 valence electrons. The van der Waals surface area contributed by atoms with E-state index in [1.54, 1.807) is 43.8 Å². The lowest BCUT2D eigenvalue weighted by molar-refractivity contribution is 0.0535. The molecule has 1 fully saturated rings. The number of benzene rings is 1. The van der Waals surface area contributed by atoms with Gasteiger partial charge < -0.3 is 14.8 Å². The number of rotatable bonds is 7. The molecule has 3 aromatic rings. The summed E-state index contributed by atoms with van der Waals surface area (Å²) in [7, 11) is 0.